The largest absolute Gasteiger partial charge is 0.381 e. The summed E-state index contributed by atoms with van der Waals surface area (Å²) < 4.78 is 47.9. The molecule has 8 nitrogen and oxygen atoms in total. The lowest BCUT2D eigenvalue weighted by molar-refractivity contribution is -0.118. The first-order valence-electron chi connectivity index (χ1n) is 13.8. The highest BCUT2D eigenvalue weighted by Gasteiger charge is 2.43. The van der Waals surface area contributed by atoms with Gasteiger partial charge in [-0.2, -0.15) is 4.31 Å². The maximum atomic E-state index is 14.9. The molecule has 1 aromatic heterocycles. The first-order valence-corrected chi connectivity index (χ1v) is 15.6. The van der Waals surface area contributed by atoms with Crippen molar-refractivity contribution in [1.29, 1.82) is 0 Å². The van der Waals surface area contributed by atoms with Crippen molar-refractivity contribution in [2.75, 3.05) is 38.2 Å². The zero-order valence-corrected chi connectivity index (χ0v) is 23.6. The Balaban J connectivity index is 1.25. The SMILES string of the molecule is O=C(CC1(c2ccc(Cl)cc2)CCOCC1)Nc1cncc(F)c1CCC[C@H]1CNCCN1S(=O)(=O)C1CC1. The summed E-state index contributed by atoms with van der Waals surface area (Å²) in [6.07, 6.45) is 7.30. The standard InChI is InChI=1S/C28H36ClFN4O4S/c29-21-6-4-20(5-7-21)28(10-14-38-15-11-28)16-27(35)33-26-19-32-18-25(30)24(26)3-1-2-22-17-31-12-13-34(22)39(36,37)23-8-9-23/h4-7,18-19,22-23,31H,1-3,8-17H2,(H,33,35)/t22-/m0/s1. The summed E-state index contributed by atoms with van der Waals surface area (Å²) in [5.74, 6) is -0.686. The van der Waals surface area contributed by atoms with Crippen LogP contribution in [0.15, 0.2) is 36.7 Å². The molecule has 0 spiro atoms. The highest BCUT2D eigenvalue weighted by Crippen LogP contribution is 2.39. The van der Waals surface area contributed by atoms with Crippen LogP contribution in [0.4, 0.5) is 10.1 Å². The summed E-state index contributed by atoms with van der Waals surface area (Å²) in [5.41, 5.74) is 1.40. The molecule has 3 fully saturated rings. The Morgan fingerprint density at radius 1 is 1.21 bits per heavy atom. The highest BCUT2D eigenvalue weighted by molar-refractivity contribution is 7.90. The number of sulfonamides is 1. The molecule has 1 aromatic carbocycles. The smallest absolute Gasteiger partial charge is 0.225 e. The van der Waals surface area contributed by atoms with Crippen LogP contribution in [0.25, 0.3) is 0 Å². The fourth-order valence-corrected chi connectivity index (χ4v) is 8.04. The third-order valence-corrected chi connectivity index (χ3v) is 10.9. The van der Waals surface area contributed by atoms with Gasteiger partial charge in [-0.3, -0.25) is 9.78 Å². The molecule has 3 aliphatic rings. The number of aromatic nitrogens is 1. The second-order valence-electron chi connectivity index (χ2n) is 10.9. The number of anilines is 1. The van der Waals surface area contributed by atoms with Gasteiger partial charge in [-0.15, -0.1) is 0 Å². The van der Waals surface area contributed by atoms with Crippen molar-refractivity contribution in [3.63, 3.8) is 0 Å². The predicted molar refractivity (Wildman–Crippen MR) is 149 cm³/mol. The van der Waals surface area contributed by atoms with Crippen molar-refractivity contribution in [2.24, 2.45) is 0 Å². The molecule has 5 rings (SSSR count). The number of pyridine rings is 1. The van der Waals surface area contributed by atoms with Crippen LogP contribution in [0.2, 0.25) is 5.02 Å². The van der Waals surface area contributed by atoms with Crippen molar-refractivity contribution in [1.82, 2.24) is 14.6 Å². The number of amides is 1. The zero-order chi connectivity index (χ0) is 27.5. The van der Waals surface area contributed by atoms with E-state index in [9.17, 15) is 17.6 Å². The number of nitrogens with zero attached hydrogens (tertiary/aromatic N) is 2. The summed E-state index contributed by atoms with van der Waals surface area (Å²) >= 11 is 6.10. The van der Waals surface area contributed by atoms with Crippen LogP contribution in [-0.2, 0) is 31.4 Å². The quantitative estimate of drug-likeness (QED) is 0.441. The molecule has 2 saturated heterocycles. The van der Waals surface area contributed by atoms with E-state index in [1.54, 1.807) is 4.31 Å². The molecule has 212 valence electrons. The summed E-state index contributed by atoms with van der Waals surface area (Å²) in [7, 11) is -3.27. The first-order chi connectivity index (χ1) is 18.8. The number of piperazine rings is 1. The van der Waals surface area contributed by atoms with Gasteiger partial charge in [-0.25, -0.2) is 12.8 Å². The summed E-state index contributed by atoms with van der Waals surface area (Å²) in [5, 5.41) is 6.60. The maximum Gasteiger partial charge on any atom is 0.225 e. The van der Waals surface area contributed by atoms with E-state index in [-0.39, 0.29) is 23.6 Å². The lowest BCUT2D eigenvalue weighted by Gasteiger charge is -2.37. The molecule has 1 atom stereocenters. The zero-order valence-electron chi connectivity index (χ0n) is 22.0. The van der Waals surface area contributed by atoms with E-state index >= 15 is 0 Å². The molecule has 0 unspecified atom stereocenters. The van der Waals surface area contributed by atoms with E-state index in [4.69, 9.17) is 16.3 Å². The van der Waals surface area contributed by atoms with Gasteiger partial charge in [0.15, 0.2) is 0 Å². The molecule has 3 heterocycles. The number of hydrogen-bond donors (Lipinski definition) is 2. The number of carbonyl (C=O) groups excluding carboxylic acids is 1. The van der Waals surface area contributed by atoms with Crippen LogP contribution in [0.3, 0.4) is 0 Å². The van der Waals surface area contributed by atoms with Crippen LogP contribution < -0.4 is 10.6 Å². The van der Waals surface area contributed by atoms with E-state index in [0.29, 0.717) is 81.2 Å². The second-order valence-corrected chi connectivity index (χ2v) is 13.5. The van der Waals surface area contributed by atoms with E-state index < -0.39 is 21.3 Å². The van der Waals surface area contributed by atoms with Gasteiger partial charge in [0.05, 0.1) is 23.3 Å². The number of rotatable bonds is 10. The molecule has 2 N–H and O–H groups in total. The van der Waals surface area contributed by atoms with Crippen LogP contribution in [-0.4, -0.2) is 67.8 Å². The highest BCUT2D eigenvalue weighted by atomic mass is 35.5. The van der Waals surface area contributed by atoms with Crippen LogP contribution in [0.1, 0.15) is 56.1 Å². The van der Waals surface area contributed by atoms with Gasteiger partial charge in [0.25, 0.3) is 0 Å². The van der Waals surface area contributed by atoms with Crippen LogP contribution >= 0.6 is 11.6 Å². The van der Waals surface area contributed by atoms with Gasteiger partial charge < -0.3 is 15.4 Å². The van der Waals surface area contributed by atoms with E-state index in [1.165, 1.54) is 6.20 Å². The maximum absolute atomic E-state index is 14.9. The Bertz CT molecular complexity index is 1270. The molecule has 1 amide bonds. The number of carbonyl (C=O) groups is 1. The second kappa shape index (κ2) is 12.2. The minimum Gasteiger partial charge on any atom is -0.381 e. The average molecular weight is 579 g/mol. The predicted octanol–water partition coefficient (Wildman–Crippen LogP) is 4.04. The number of halogens is 2. The summed E-state index contributed by atoms with van der Waals surface area (Å²) in [6, 6.07) is 7.44. The van der Waals surface area contributed by atoms with Crippen LogP contribution in [0, 0.1) is 5.82 Å². The molecule has 0 bridgehead atoms. The van der Waals surface area contributed by atoms with E-state index in [0.717, 1.165) is 24.6 Å². The fraction of sp³-hybridized carbons (Fsp3) is 0.571. The summed E-state index contributed by atoms with van der Waals surface area (Å²) in [4.78, 5) is 17.3. The molecule has 1 saturated carbocycles. The Morgan fingerprint density at radius 2 is 1.95 bits per heavy atom. The van der Waals surface area contributed by atoms with Crippen molar-refractivity contribution in [3.05, 3.63) is 58.6 Å². The molecule has 1 aliphatic carbocycles. The van der Waals surface area contributed by atoms with Gasteiger partial charge in [0.1, 0.15) is 5.82 Å². The monoisotopic (exact) mass is 578 g/mol. The number of ether oxygens (including phenoxy) is 1. The molecule has 0 radical (unpaired) electrons. The number of benzene rings is 1. The van der Waals surface area contributed by atoms with Crippen molar-refractivity contribution in [2.45, 2.75) is 68.1 Å². The number of hydrogen-bond acceptors (Lipinski definition) is 6. The number of nitrogens with one attached hydrogen (secondary N) is 2. The van der Waals surface area contributed by atoms with Gasteiger partial charge >= 0.3 is 0 Å². The van der Waals surface area contributed by atoms with Crippen molar-refractivity contribution < 1.29 is 22.3 Å². The molecule has 39 heavy (non-hydrogen) atoms. The van der Waals surface area contributed by atoms with Crippen molar-refractivity contribution >= 4 is 33.2 Å². The van der Waals surface area contributed by atoms with Crippen molar-refractivity contribution in [3.8, 4) is 0 Å². The Kier molecular flexibility index (Phi) is 8.88. The molecule has 2 aromatic rings. The lowest BCUT2D eigenvalue weighted by atomic mass is 9.71. The van der Waals surface area contributed by atoms with E-state index in [2.05, 4.69) is 15.6 Å². The lowest BCUT2D eigenvalue weighted by Crippen LogP contribution is -2.54. The van der Waals surface area contributed by atoms with Gasteiger partial charge in [0.2, 0.25) is 15.9 Å². The Morgan fingerprint density at radius 3 is 2.67 bits per heavy atom. The van der Waals surface area contributed by atoms with Gasteiger partial charge in [0, 0.05) is 61.3 Å². The Labute approximate surface area is 234 Å². The molecule has 11 heteroatoms. The minimum absolute atomic E-state index is 0.153. The molecular formula is C28H36ClFN4O4S. The molecule has 2 aliphatic heterocycles. The van der Waals surface area contributed by atoms with Gasteiger partial charge in [-0.1, -0.05) is 23.7 Å². The van der Waals surface area contributed by atoms with E-state index in [1.807, 2.05) is 24.3 Å². The third kappa shape index (κ3) is 6.62. The Hall–Kier alpha value is -2.11. The minimum atomic E-state index is -3.27. The normalized spacial score (nSPS) is 21.9. The fourth-order valence-electron chi connectivity index (χ4n) is 5.85. The topological polar surface area (TPSA) is 101 Å². The van der Waals surface area contributed by atoms with Crippen LogP contribution in [0.5, 0.6) is 0 Å². The first kappa shape index (κ1) is 28.4. The average Bonchev–Trinajstić information content (AvgIpc) is 3.78. The summed E-state index contributed by atoms with van der Waals surface area (Å²) in [6.45, 7) is 2.82. The van der Waals surface area contributed by atoms with Gasteiger partial charge in [-0.05, 0) is 62.6 Å². The molecular weight excluding hydrogens is 543 g/mol. The third-order valence-electron chi connectivity index (χ3n) is 8.22.